The molecule has 8 heteroatoms. The van der Waals surface area contributed by atoms with Gasteiger partial charge in [-0.1, -0.05) is 19.1 Å². The van der Waals surface area contributed by atoms with Crippen LogP contribution in [-0.4, -0.2) is 47.5 Å². The highest BCUT2D eigenvalue weighted by molar-refractivity contribution is 6.46. The normalized spacial score (nSPS) is 16.8. The highest BCUT2D eigenvalue weighted by Crippen LogP contribution is 2.41. The van der Waals surface area contributed by atoms with E-state index in [2.05, 4.69) is 4.98 Å². The van der Waals surface area contributed by atoms with E-state index in [1.54, 1.807) is 54.9 Å². The zero-order valence-corrected chi connectivity index (χ0v) is 20.4. The first-order valence-electron chi connectivity index (χ1n) is 11.6. The van der Waals surface area contributed by atoms with Crippen molar-refractivity contribution in [3.63, 3.8) is 0 Å². The molecule has 3 aromatic rings. The third-order valence-electron chi connectivity index (χ3n) is 5.97. The van der Waals surface area contributed by atoms with Crippen LogP contribution in [0.15, 0.2) is 72.6 Å². The van der Waals surface area contributed by atoms with Crippen molar-refractivity contribution in [2.75, 3.05) is 20.8 Å². The fourth-order valence-corrected chi connectivity index (χ4v) is 4.18. The average molecular weight is 489 g/mol. The smallest absolute Gasteiger partial charge is 0.295 e. The Kier molecular flexibility index (Phi) is 7.53. The summed E-state index contributed by atoms with van der Waals surface area (Å²) in [6, 6.07) is 14.8. The van der Waals surface area contributed by atoms with Gasteiger partial charge in [0, 0.05) is 24.5 Å². The lowest BCUT2D eigenvalue weighted by atomic mass is 9.95. The predicted molar refractivity (Wildman–Crippen MR) is 134 cm³/mol. The number of carbonyl (C=O) groups excluding carboxylic acids is 2. The summed E-state index contributed by atoms with van der Waals surface area (Å²) in [4.78, 5) is 32.0. The van der Waals surface area contributed by atoms with Crippen LogP contribution >= 0.6 is 0 Å². The van der Waals surface area contributed by atoms with Gasteiger partial charge in [0.05, 0.1) is 32.4 Å². The molecule has 0 saturated carbocycles. The van der Waals surface area contributed by atoms with Crippen molar-refractivity contribution in [2.24, 2.45) is 0 Å². The summed E-state index contributed by atoms with van der Waals surface area (Å²) in [5, 5.41) is 11.3. The maximum atomic E-state index is 13.3. The second-order valence-corrected chi connectivity index (χ2v) is 8.27. The molecule has 1 N–H and O–H groups in total. The van der Waals surface area contributed by atoms with Crippen molar-refractivity contribution < 1.29 is 28.9 Å². The molecule has 8 nitrogen and oxygen atoms in total. The molecule has 0 radical (unpaired) electrons. The molecule has 4 rings (SSSR count). The minimum absolute atomic E-state index is 0.00324. The van der Waals surface area contributed by atoms with Gasteiger partial charge >= 0.3 is 0 Å². The molecule has 0 bridgehead atoms. The molecule has 1 atom stereocenters. The Morgan fingerprint density at radius 2 is 1.67 bits per heavy atom. The van der Waals surface area contributed by atoms with Gasteiger partial charge in [-0.3, -0.25) is 14.6 Å². The number of aromatic nitrogens is 1. The molecule has 2 aromatic carbocycles. The van der Waals surface area contributed by atoms with Crippen molar-refractivity contribution in [1.82, 2.24) is 9.88 Å². The molecule has 1 amide bonds. The third kappa shape index (κ3) is 4.88. The van der Waals surface area contributed by atoms with Crippen LogP contribution in [-0.2, 0) is 16.1 Å². The monoisotopic (exact) mass is 488 g/mol. The highest BCUT2D eigenvalue weighted by Gasteiger charge is 2.46. The number of hydrogen-bond donors (Lipinski definition) is 1. The minimum Gasteiger partial charge on any atom is -0.507 e. The lowest BCUT2D eigenvalue weighted by Crippen LogP contribution is -2.29. The molecule has 1 aromatic heterocycles. The molecule has 36 heavy (non-hydrogen) atoms. The van der Waals surface area contributed by atoms with Crippen LogP contribution in [0, 0.1) is 0 Å². The van der Waals surface area contributed by atoms with Crippen LogP contribution < -0.4 is 14.2 Å². The number of benzene rings is 2. The van der Waals surface area contributed by atoms with Gasteiger partial charge in [-0.15, -0.1) is 0 Å². The number of amides is 1. The number of ether oxygens (including phenoxy) is 3. The van der Waals surface area contributed by atoms with Crippen LogP contribution in [0.1, 0.15) is 36.1 Å². The van der Waals surface area contributed by atoms with Crippen molar-refractivity contribution in [1.29, 1.82) is 0 Å². The molecule has 1 fully saturated rings. The van der Waals surface area contributed by atoms with E-state index in [-0.39, 0.29) is 17.9 Å². The fraction of sp³-hybridized carbons (Fsp3) is 0.250. The van der Waals surface area contributed by atoms with Crippen LogP contribution in [0.5, 0.6) is 17.2 Å². The van der Waals surface area contributed by atoms with Gasteiger partial charge < -0.3 is 24.2 Å². The summed E-state index contributed by atoms with van der Waals surface area (Å²) < 4.78 is 16.3. The van der Waals surface area contributed by atoms with Crippen molar-refractivity contribution in [2.45, 2.75) is 25.9 Å². The predicted octanol–water partition coefficient (Wildman–Crippen LogP) is 4.51. The number of Topliss-reactive ketones (excluding diaryl/α,β-unsaturated/α-hetero) is 1. The van der Waals surface area contributed by atoms with Crippen molar-refractivity contribution >= 4 is 17.4 Å². The summed E-state index contributed by atoms with van der Waals surface area (Å²) in [5.41, 5.74) is 1.83. The number of pyridine rings is 1. The van der Waals surface area contributed by atoms with Gasteiger partial charge in [0.1, 0.15) is 11.5 Å². The lowest BCUT2D eigenvalue weighted by Gasteiger charge is -2.25. The van der Waals surface area contributed by atoms with Crippen LogP contribution in [0.2, 0.25) is 0 Å². The van der Waals surface area contributed by atoms with E-state index in [9.17, 15) is 14.7 Å². The van der Waals surface area contributed by atoms with Crippen molar-refractivity contribution in [3.05, 3.63) is 89.3 Å². The maximum absolute atomic E-state index is 13.3. The maximum Gasteiger partial charge on any atom is 0.295 e. The molecule has 0 aliphatic carbocycles. The van der Waals surface area contributed by atoms with Gasteiger partial charge in [0.25, 0.3) is 11.7 Å². The summed E-state index contributed by atoms with van der Waals surface area (Å²) in [6.07, 6.45) is 4.13. The number of rotatable bonds is 9. The number of likely N-dealkylation sites (tertiary alicyclic amines) is 1. The quantitative estimate of drug-likeness (QED) is 0.269. The Hall–Kier alpha value is -4.33. The number of ketones is 1. The molecule has 0 spiro atoms. The molecule has 1 aliphatic heterocycles. The minimum atomic E-state index is -0.800. The Balaban J connectivity index is 1.82. The summed E-state index contributed by atoms with van der Waals surface area (Å²) in [6.45, 7) is 2.78. The number of aliphatic hydroxyl groups excluding tert-OH is 1. The van der Waals surface area contributed by atoms with Gasteiger partial charge in [-0.2, -0.15) is 0 Å². The van der Waals surface area contributed by atoms with Gasteiger partial charge in [-0.25, -0.2) is 0 Å². The standard InChI is InChI=1S/C28H28N2O6/c1-4-15-36-21-8-5-19(6-9-21)25-24(26(31)20-7-10-22(34-2)23(16-20)35-3)27(32)28(33)30(25)17-18-11-13-29-14-12-18/h5-14,16,25,31H,4,15,17H2,1-3H3/t25-/m0/s1. The first-order valence-corrected chi connectivity index (χ1v) is 11.6. The highest BCUT2D eigenvalue weighted by atomic mass is 16.5. The van der Waals surface area contributed by atoms with E-state index in [0.717, 1.165) is 12.0 Å². The zero-order chi connectivity index (χ0) is 25.7. The van der Waals surface area contributed by atoms with Gasteiger partial charge in [0.15, 0.2) is 11.5 Å². The lowest BCUT2D eigenvalue weighted by molar-refractivity contribution is -0.140. The number of methoxy groups -OCH3 is 2. The molecule has 2 heterocycles. The molecular weight excluding hydrogens is 460 g/mol. The number of nitrogens with zero attached hydrogens (tertiary/aromatic N) is 2. The largest absolute Gasteiger partial charge is 0.507 e. The zero-order valence-electron chi connectivity index (χ0n) is 20.4. The topological polar surface area (TPSA) is 98.2 Å². The Morgan fingerprint density at radius 1 is 0.972 bits per heavy atom. The first kappa shape index (κ1) is 24.8. The molecule has 0 unspecified atom stereocenters. The summed E-state index contributed by atoms with van der Waals surface area (Å²) in [5.74, 6) is -0.180. The van der Waals surface area contributed by atoms with E-state index in [4.69, 9.17) is 14.2 Å². The van der Waals surface area contributed by atoms with E-state index < -0.39 is 17.7 Å². The van der Waals surface area contributed by atoms with E-state index >= 15 is 0 Å². The van der Waals surface area contributed by atoms with E-state index in [1.807, 2.05) is 19.1 Å². The molecule has 1 saturated heterocycles. The summed E-state index contributed by atoms with van der Waals surface area (Å²) in [7, 11) is 2.99. The average Bonchev–Trinajstić information content (AvgIpc) is 3.16. The summed E-state index contributed by atoms with van der Waals surface area (Å²) >= 11 is 0. The Bertz CT molecular complexity index is 1270. The molecular formula is C28H28N2O6. The SMILES string of the molecule is CCCOc1ccc([C@H]2C(=C(O)c3ccc(OC)c(OC)c3)C(=O)C(=O)N2Cc2ccncc2)cc1. The third-order valence-corrected chi connectivity index (χ3v) is 5.97. The Labute approximate surface area is 209 Å². The van der Waals surface area contributed by atoms with Crippen LogP contribution in [0.4, 0.5) is 0 Å². The second kappa shape index (κ2) is 10.9. The van der Waals surface area contributed by atoms with Gasteiger partial charge in [-0.05, 0) is 60.0 Å². The molecule has 186 valence electrons. The van der Waals surface area contributed by atoms with Crippen molar-refractivity contribution in [3.8, 4) is 17.2 Å². The number of hydrogen-bond acceptors (Lipinski definition) is 7. The Morgan fingerprint density at radius 3 is 2.31 bits per heavy atom. The van der Waals surface area contributed by atoms with Crippen LogP contribution in [0.3, 0.4) is 0 Å². The van der Waals surface area contributed by atoms with Gasteiger partial charge in [0.2, 0.25) is 0 Å². The number of carbonyl (C=O) groups is 2. The molecule has 1 aliphatic rings. The van der Waals surface area contributed by atoms with Crippen LogP contribution in [0.25, 0.3) is 5.76 Å². The van der Waals surface area contributed by atoms with E-state index in [0.29, 0.717) is 35.0 Å². The first-order chi connectivity index (χ1) is 17.5. The second-order valence-electron chi connectivity index (χ2n) is 8.27. The van der Waals surface area contributed by atoms with E-state index in [1.165, 1.54) is 19.1 Å². The fourth-order valence-electron chi connectivity index (χ4n) is 4.18. The number of aliphatic hydroxyl groups is 1.